The fraction of sp³-hybridized carbons (Fsp3) is 0.150. The lowest BCUT2D eigenvalue weighted by Gasteiger charge is -2.10. The monoisotopic (exact) mass is 331 g/mol. The molecular formula is C20H17N3O2. The second-order valence-electron chi connectivity index (χ2n) is 5.73. The van der Waals surface area contributed by atoms with Gasteiger partial charge in [0.15, 0.2) is 0 Å². The van der Waals surface area contributed by atoms with Gasteiger partial charge in [0.2, 0.25) is 5.88 Å². The van der Waals surface area contributed by atoms with E-state index >= 15 is 0 Å². The van der Waals surface area contributed by atoms with Crippen molar-refractivity contribution in [2.24, 2.45) is 0 Å². The SMILES string of the molecule is COc1cccc2nc(C)c(OCc3ccc4ccccc4n3)nc12. The maximum absolute atomic E-state index is 5.89. The minimum absolute atomic E-state index is 0.334. The van der Waals surface area contributed by atoms with Crippen LogP contribution in [-0.2, 0) is 6.61 Å². The molecule has 0 aliphatic rings. The predicted molar refractivity (Wildman–Crippen MR) is 96.9 cm³/mol. The van der Waals surface area contributed by atoms with Crippen molar-refractivity contribution in [2.45, 2.75) is 13.5 Å². The second kappa shape index (κ2) is 6.36. The van der Waals surface area contributed by atoms with Crippen LogP contribution in [0.1, 0.15) is 11.4 Å². The standard InChI is InChI=1S/C20H17N3O2/c1-13-20(23-19-17(21-13)8-5-9-18(19)24-2)25-12-15-11-10-14-6-3-4-7-16(14)22-15/h3-11H,12H2,1-2H3. The Labute approximate surface area is 145 Å². The maximum atomic E-state index is 5.89. The minimum Gasteiger partial charge on any atom is -0.494 e. The number of ether oxygens (including phenoxy) is 2. The minimum atomic E-state index is 0.334. The highest BCUT2D eigenvalue weighted by Crippen LogP contribution is 2.26. The van der Waals surface area contributed by atoms with E-state index in [0.717, 1.165) is 27.8 Å². The summed E-state index contributed by atoms with van der Waals surface area (Å²) in [4.78, 5) is 13.8. The van der Waals surface area contributed by atoms with Crippen molar-refractivity contribution in [2.75, 3.05) is 7.11 Å². The summed E-state index contributed by atoms with van der Waals surface area (Å²) in [5.41, 5.74) is 4.01. The summed E-state index contributed by atoms with van der Waals surface area (Å²) in [6, 6.07) is 17.7. The van der Waals surface area contributed by atoms with E-state index in [1.54, 1.807) is 7.11 Å². The molecule has 4 rings (SSSR count). The highest BCUT2D eigenvalue weighted by atomic mass is 16.5. The average molecular weight is 331 g/mol. The van der Waals surface area contributed by atoms with Crippen LogP contribution in [0.25, 0.3) is 21.9 Å². The molecule has 124 valence electrons. The van der Waals surface area contributed by atoms with Gasteiger partial charge in [0, 0.05) is 5.39 Å². The summed E-state index contributed by atoms with van der Waals surface area (Å²) in [5, 5.41) is 1.11. The topological polar surface area (TPSA) is 57.1 Å². The highest BCUT2D eigenvalue weighted by Gasteiger charge is 2.10. The summed E-state index contributed by atoms with van der Waals surface area (Å²) < 4.78 is 11.3. The molecule has 0 fully saturated rings. The van der Waals surface area contributed by atoms with Gasteiger partial charge in [-0.2, -0.15) is 0 Å². The lowest BCUT2D eigenvalue weighted by molar-refractivity contribution is 0.287. The normalized spacial score (nSPS) is 11.0. The number of hydrogen-bond acceptors (Lipinski definition) is 5. The molecule has 25 heavy (non-hydrogen) atoms. The van der Waals surface area contributed by atoms with Crippen LogP contribution in [0.5, 0.6) is 11.6 Å². The van der Waals surface area contributed by atoms with Crippen molar-refractivity contribution in [1.29, 1.82) is 0 Å². The van der Waals surface area contributed by atoms with Gasteiger partial charge in [-0.15, -0.1) is 0 Å². The van der Waals surface area contributed by atoms with E-state index in [1.165, 1.54) is 0 Å². The Morgan fingerprint density at radius 2 is 1.68 bits per heavy atom. The van der Waals surface area contributed by atoms with E-state index < -0.39 is 0 Å². The molecule has 2 heterocycles. The predicted octanol–water partition coefficient (Wildman–Crippen LogP) is 4.07. The van der Waals surface area contributed by atoms with Gasteiger partial charge in [-0.3, -0.25) is 0 Å². The molecule has 0 amide bonds. The van der Waals surface area contributed by atoms with Crippen molar-refractivity contribution >= 4 is 21.9 Å². The van der Waals surface area contributed by atoms with E-state index in [1.807, 2.05) is 61.5 Å². The number of para-hydroxylation sites is 2. The number of fused-ring (bicyclic) bond motifs is 2. The molecule has 5 nitrogen and oxygen atoms in total. The quantitative estimate of drug-likeness (QED) is 0.564. The molecular weight excluding hydrogens is 314 g/mol. The highest BCUT2D eigenvalue weighted by molar-refractivity contribution is 5.81. The Bertz CT molecular complexity index is 1060. The zero-order valence-electron chi connectivity index (χ0n) is 14.1. The zero-order chi connectivity index (χ0) is 17.2. The number of hydrogen-bond donors (Lipinski definition) is 0. The van der Waals surface area contributed by atoms with E-state index in [2.05, 4.69) is 15.0 Å². The molecule has 0 N–H and O–H groups in total. The van der Waals surface area contributed by atoms with Crippen LogP contribution in [0.3, 0.4) is 0 Å². The van der Waals surface area contributed by atoms with Gasteiger partial charge in [-0.1, -0.05) is 30.3 Å². The molecule has 5 heteroatoms. The number of pyridine rings is 1. The van der Waals surface area contributed by atoms with Crippen molar-refractivity contribution < 1.29 is 9.47 Å². The van der Waals surface area contributed by atoms with Gasteiger partial charge in [-0.05, 0) is 31.2 Å². The van der Waals surface area contributed by atoms with Crippen molar-refractivity contribution in [3.05, 3.63) is 66.0 Å². The molecule has 4 aromatic rings. The zero-order valence-corrected chi connectivity index (χ0v) is 14.1. The number of nitrogens with zero attached hydrogens (tertiary/aromatic N) is 3. The van der Waals surface area contributed by atoms with E-state index in [9.17, 15) is 0 Å². The summed E-state index contributed by atoms with van der Waals surface area (Å²) in [6.45, 7) is 2.22. The third kappa shape index (κ3) is 2.96. The number of aromatic nitrogens is 3. The third-order valence-electron chi connectivity index (χ3n) is 4.02. The first-order valence-corrected chi connectivity index (χ1v) is 8.03. The van der Waals surface area contributed by atoms with Gasteiger partial charge in [0.05, 0.1) is 23.8 Å². The van der Waals surface area contributed by atoms with Gasteiger partial charge in [0.1, 0.15) is 23.6 Å². The molecule has 0 bridgehead atoms. The average Bonchev–Trinajstić information content (AvgIpc) is 2.65. The Hall–Kier alpha value is -3.21. The van der Waals surface area contributed by atoms with Crippen LogP contribution in [-0.4, -0.2) is 22.1 Å². The van der Waals surface area contributed by atoms with Crippen LogP contribution in [0.2, 0.25) is 0 Å². The molecule has 0 unspecified atom stereocenters. The van der Waals surface area contributed by atoms with Crippen molar-refractivity contribution in [3.63, 3.8) is 0 Å². The molecule has 0 aliphatic carbocycles. The molecule has 0 saturated carbocycles. The molecule has 0 aliphatic heterocycles. The smallest absolute Gasteiger partial charge is 0.236 e. The summed E-state index contributed by atoms with van der Waals surface area (Å²) in [6.07, 6.45) is 0. The first kappa shape index (κ1) is 15.3. The van der Waals surface area contributed by atoms with Crippen molar-refractivity contribution in [3.8, 4) is 11.6 Å². The number of benzene rings is 2. The van der Waals surface area contributed by atoms with Crippen LogP contribution in [0.4, 0.5) is 0 Å². The Morgan fingerprint density at radius 1 is 0.840 bits per heavy atom. The van der Waals surface area contributed by atoms with Gasteiger partial charge < -0.3 is 9.47 Å². The molecule has 0 atom stereocenters. The van der Waals surface area contributed by atoms with Crippen LogP contribution < -0.4 is 9.47 Å². The van der Waals surface area contributed by atoms with Crippen LogP contribution in [0, 0.1) is 6.92 Å². The van der Waals surface area contributed by atoms with Gasteiger partial charge in [-0.25, -0.2) is 15.0 Å². The Morgan fingerprint density at radius 3 is 2.56 bits per heavy atom. The summed E-state index contributed by atoms with van der Waals surface area (Å²) >= 11 is 0. The lowest BCUT2D eigenvalue weighted by atomic mass is 10.2. The first-order valence-electron chi connectivity index (χ1n) is 8.03. The van der Waals surface area contributed by atoms with E-state index in [4.69, 9.17) is 9.47 Å². The molecule has 0 radical (unpaired) electrons. The van der Waals surface area contributed by atoms with E-state index in [-0.39, 0.29) is 0 Å². The maximum Gasteiger partial charge on any atom is 0.236 e. The van der Waals surface area contributed by atoms with Gasteiger partial charge in [0.25, 0.3) is 0 Å². The van der Waals surface area contributed by atoms with E-state index in [0.29, 0.717) is 23.8 Å². The Kier molecular flexibility index (Phi) is 3.90. The lowest BCUT2D eigenvalue weighted by Crippen LogP contribution is -2.03. The molecule has 2 aromatic carbocycles. The fourth-order valence-corrected chi connectivity index (χ4v) is 2.76. The molecule has 2 aromatic heterocycles. The second-order valence-corrected chi connectivity index (χ2v) is 5.73. The fourth-order valence-electron chi connectivity index (χ4n) is 2.76. The Balaban J connectivity index is 1.64. The summed E-state index contributed by atoms with van der Waals surface area (Å²) in [5.74, 6) is 1.17. The third-order valence-corrected chi connectivity index (χ3v) is 4.02. The first-order chi connectivity index (χ1) is 12.2. The number of aryl methyl sites for hydroxylation is 1. The number of methoxy groups -OCH3 is 1. The number of rotatable bonds is 4. The molecule has 0 spiro atoms. The van der Waals surface area contributed by atoms with Crippen LogP contribution in [0.15, 0.2) is 54.6 Å². The van der Waals surface area contributed by atoms with Gasteiger partial charge >= 0.3 is 0 Å². The summed E-state index contributed by atoms with van der Waals surface area (Å²) in [7, 11) is 1.62. The van der Waals surface area contributed by atoms with Crippen molar-refractivity contribution in [1.82, 2.24) is 15.0 Å². The van der Waals surface area contributed by atoms with Crippen LogP contribution >= 0.6 is 0 Å². The largest absolute Gasteiger partial charge is 0.494 e. The molecule has 0 saturated heterocycles.